The molecular formula is C13H22N4O2S. The summed E-state index contributed by atoms with van der Waals surface area (Å²) in [5.74, 6) is 0.632. The van der Waals surface area contributed by atoms with Crippen molar-refractivity contribution in [2.24, 2.45) is 7.05 Å². The highest BCUT2D eigenvalue weighted by atomic mass is 32.2. The summed E-state index contributed by atoms with van der Waals surface area (Å²) in [6.07, 6.45) is 4.67. The molecule has 1 aromatic heterocycles. The summed E-state index contributed by atoms with van der Waals surface area (Å²) in [5.41, 5.74) is -0.608. The third kappa shape index (κ3) is 3.96. The van der Waals surface area contributed by atoms with Crippen molar-refractivity contribution in [2.75, 3.05) is 12.4 Å². The molecule has 0 radical (unpaired) electrons. The van der Waals surface area contributed by atoms with Crippen molar-refractivity contribution in [3.63, 3.8) is 0 Å². The molecule has 0 bridgehead atoms. The van der Waals surface area contributed by atoms with Gasteiger partial charge in [-0.1, -0.05) is 11.8 Å². The minimum Gasteiger partial charge on any atom is -0.465 e. The highest BCUT2D eigenvalue weighted by molar-refractivity contribution is 7.99. The van der Waals surface area contributed by atoms with Crippen LogP contribution in [0, 0.1) is 0 Å². The highest BCUT2D eigenvalue weighted by Crippen LogP contribution is 2.27. The summed E-state index contributed by atoms with van der Waals surface area (Å²) >= 11 is 1.61. The first-order chi connectivity index (χ1) is 9.55. The van der Waals surface area contributed by atoms with Gasteiger partial charge in [0.25, 0.3) is 0 Å². The minimum atomic E-state index is -0.608. The Kier molecular flexibility index (Phi) is 5.04. The number of rotatable bonds is 8. The molecule has 1 aliphatic carbocycles. The van der Waals surface area contributed by atoms with Crippen LogP contribution in [0.4, 0.5) is 0 Å². The summed E-state index contributed by atoms with van der Waals surface area (Å²) in [6.45, 7) is 4.18. The average molecular weight is 298 g/mol. The molecule has 7 heteroatoms. The van der Waals surface area contributed by atoms with E-state index in [0.717, 1.165) is 23.8 Å². The zero-order chi connectivity index (χ0) is 14.6. The number of ether oxygens (including phenoxy) is 1. The lowest BCUT2D eigenvalue weighted by Crippen LogP contribution is -2.52. The second kappa shape index (κ2) is 6.58. The number of hydrogen-bond acceptors (Lipinski definition) is 6. The second-order valence-corrected chi connectivity index (χ2v) is 6.36. The molecule has 1 aromatic rings. The lowest BCUT2D eigenvalue weighted by Gasteiger charge is -2.28. The molecule has 1 aliphatic rings. The van der Waals surface area contributed by atoms with Gasteiger partial charge in [0.15, 0.2) is 5.16 Å². The van der Waals surface area contributed by atoms with E-state index in [4.69, 9.17) is 4.74 Å². The van der Waals surface area contributed by atoms with E-state index < -0.39 is 5.54 Å². The maximum atomic E-state index is 12.2. The molecule has 1 atom stereocenters. The van der Waals surface area contributed by atoms with Crippen LogP contribution in [0.5, 0.6) is 0 Å². The number of carbonyl (C=O) groups excluding carboxylic acids is 1. The van der Waals surface area contributed by atoms with Crippen molar-refractivity contribution < 1.29 is 9.53 Å². The Morgan fingerprint density at radius 1 is 1.65 bits per heavy atom. The molecule has 6 nitrogen and oxygen atoms in total. The summed E-state index contributed by atoms with van der Waals surface area (Å²) in [7, 11) is 1.91. The average Bonchev–Trinajstić information content (AvgIpc) is 3.12. The van der Waals surface area contributed by atoms with Gasteiger partial charge in [0.1, 0.15) is 11.9 Å². The van der Waals surface area contributed by atoms with Crippen molar-refractivity contribution in [3.8, 4) is 0 Å². The number of nitrogens with one attached hydrogen (secondary N) is 1. The summed E-state index contributed by atoms with van der Waals surface area (Å²) in [5, 5.41) is 12.2. The lowest BCUT2D eigenvalue weighted by molar-refractivity contribution is -0.150. The molecule has 1 fully saturated rings. The van der Waals surface area contributed by atoms with E-state index in [-0.39, 0.29) is 5.97 Å². The molecule has 1 saturated carbocycles. The topological polar surface area (TPSA) is 69.0 Å². The summed E-state index contributed by atoms with van der Waals surface area (Å²) in [6, 6.07) is 0.462. The van der Waals surface area contributed by atoms with Crippen LogP contribution < -0.4 is 5.32 Å². The second-order valence-electron chi connectivity index (χ2n) is 5.29. The third-order valence-corrected chi connectivity index (χ3v) is 4.37. The highest BCUT2D eigenvalue weighted by Gasteiger charge is 2.39. The number of esters is 1. The van der Waals surface area contributed by atoms with Gasteiger partial charge in [0.05, 0.1) is 6.61 Å². The maximum Gasteiger partial charge on any atom is 0.326 e. The van der Waals surface area contributed by atoms with Gasteiger partial charge in [-0.15, -0.1) is 10.2 Å². The molecule has 20 heavy (non-hydrogen) atoms. The first-order valence-electron chi connectivity index (χ1n) is 6.97. The van der Waals surface area contributed by atoms with E-state index >= 15 is 0 Å². The third-order valence-electron chi connectivity index (χ3n) is 3.33. The molecular weight excluding hydrogens is 276 g/mol. The smallest absolute Gasteiger partial charge is 0.326 e. The molecule has 1 unspecified atom stereocenters. The first-order valence-corrected chi connectivity index (χ1v) is 7.95. The molecule has 2 rings (SSSR count). The number of aromatic nitrogens is 3. The number of nitrogens with zero attached hydrogens (tertiary/aromatic N) is 3. The standard InChI is InChI=1S/C13H22N4O2S/c1-4-19-11(18)13(2,15-10-5-6-10)7-8-20-12-16-14-9-17(12)3/h9-10,15H,4-8H2,1-3H3. The molecule has 0 saturated heterocycles. The molecule has 112 valence electrons. The Labute approximate surface area is 123 Å². The number of aryl methyl sites for hydroxylation is 1. The fourth-order valence-electron chi connectivity index (χ4n) is 1.95. The quantitative estimate of drug-likeness (QED) is 0.577. The van der Waals surface area contributed by atoms with E-state index in [1.54, 1.807) is 18.1 Å². The Balaban J connectivity index is 1.89. The van der Waals surface area contributed by atoms with Crippen LogP contribution in [0.25, 0.3) is 0 Å². The van der Waals surface area contributed by atoms with Crippen LogP contribution in [0.15, 0.2) is 11.5 Å². The van der Waals surface area contributed by atoms with Crippen LogP contribution in [0.3, 0.4) is 0 Å². The first kappa shape index (κ1) is 15.3. The Morgan fingerprint density at radius 3 is 2.95 bits per heavy atom. The van der Waals surface area contributed by atoms with Crippen LogP contribution >= 0.6 is 11.8 Å². The van der Waals surface area contributed by atoms with Gasteiger partial charge < -0.3 is 9.30 Å². The normalized spacial score (nSPS) is 17.8. The van der Waals surface area contributed by atoms with Crippen molar-refractivity contribution in [3.05, 3.63) is 6.33 Å². The van der Waals surface area contributed by atoms with E-state index in [9.17, 15) is 4.79 Å². The van der Waals surface area contributed by atoms with Crippen molar-refractivity contribution in [1.29, 1.82) is 0 Å². The van der Waals surface area contributed by atoms with E-state index in [1.807, 2.05) is 25.5 Å². The van der Waals surface area contributed by atoms with Gasteiger partial charge in [0, 0.05) is 18.8 Å². The SMILES string of the molecule is CCOC(=O)C(C)(CCSc1nncn1C)NC1CC1. The minimum absolute atomic E-state index is 0.162. The molecule has 0 aromatic carbocycles. The van der Waals surface area contributed by atoms with Gasteiger partial charge in [0.2, 0.25) is 0 Å². The number of carbonyl (C=O) groups is 1. The van der Waals surface area contributed by atoms with Crippen molar-refractivity contribution >= 4 is 17.7 Å². The van der Waals surface area contributed by atoms with E-state index in [2.05, 4.69) is 15.5 Å². The van der Waals surface area contributed by atoms with Crippen LogP contribution in [-0.2, 0) is 16.6 Å². The maximum absolute atomic E-state index is 12.2. The zero-order valence-electron chi connectivity index (χ0n) is 12.3. The van der Waals surface area contributed by atoms with Crippen molar-refractivity contribution in [2.45, 2.75) is 49.8 Å². The van der Waals surface area contributed by atoms with E-state index in [0.29, 0.717) is 19.1 Å². The predicted octanol–water partition coefficient (Wildman–Crippen LogP) is 1.37. The van der Waals surface area contributed by atoms with Gasteiger partial charge in [-0.25, -0.2) is 0 Å². The van der Waals surface area contributed by atoms with E-state index in [1.165, 1.54) is 0 Å². The monoisotopic (exact) mass is 298 g/mol. The predicted molar refractivity (Wildman–Crippen MR) is 77.5 cm³/mol. The van der Waals surface area contributed by atoms with Gasteiger partial charge in [-0.3, -0.25) is 10.1 Å². The van der Waals surface area contributed by atoms with Gasteiger partial charge in [-0.05, 0) is 33.1 Å². The molecule has 0 aliphatic heterocycles. The molecule has 1 N–H and O–H groups in total. The van der Waals surface area contributed by atoms with Crippen LogP contribution in [-0.4, -0.2) is 44.7 Å². The Morgan fingerprint density at radius 2 is 2.40 bits per heavy atom. The van der Waals surface area contributed by atoms with Crippen LogP contribution in [0.1, 0.15) is 33.1 Å². The van der Waals surface area contributed by atoms with Gasteiger partial charge in [-0.2, -0.15) is 0 Å². The van der Waals surface area contributed by atoms with Gasteiger partial charge >= 0.3 is 5.97 Å². The summed E-state index contributed by atoms with van der Waals surface area (Å²) in [4.78, 5) is 12.2. The molecule has 0 amide bonds. The Hall–Kier alpha value is -1.08. The zero-order valence-corrected chi connectivity index (χ0v) is 13.1. The molecule has 0 spiro atoms. The lowest BCUT2D eigenvalue weighted by atomic mass is 9.99. The largest absolute Gasteiger partial charge is 0.465 e. The summed E-state index contributed by atoms with van der Waals surface area (Å²) < 4.78 is 7.08. The van der Waals surface area contributed by atoms with Crippen LogP contribution in [0.2, 0.25) is 0 Å². The Bertz CT molecular complexity index is 461. The fraction of sp³-hybridized carbons (Fsp3) is 0.769. The van der Waals surface area contributed by atoms with Crippen molar-refractivity contribution in [1.82, 2.24) is 20.1 Å². The number of hydrogen-bond donors (Lipinski definition) is 1. The number of thioether (sulfide) groups is 1. The fourth-order valence-corrected chi connectivity index (χ4v) is 3.00. The molecule has 1 heterocycles.